The minimum Gasteiger partial charge on any atom is -0.371 e. The molecule has 14 heteroatoms. The largest absolute Gasteiger partial charge is 0.371 e. The number of nitrogens with one attached hydrogen (secondary N) is 1. The summed E-state index contributed by atoms with van der Waals surface area (Å²) >= 11 is 6.40. The van der Waals surface area contributed by atoms with E-state index >= 15 is 4.39 Å². The number of likely N-dealkylation sites (tertiary alicyclic amines) is 1. The number of carbonyl (C=O) groups is 4. The van der Waals surface area contributed by atoms with E-state index in [0.717, 1.165) is 94.7 Å². The molecule has 0 aromatic heterocycles. The Morgan fingerprint density at radius 2 is 1.51 bits per heavy atom. The third-order valence-electron chi connectivity index (χ3n) is 13.9. The highest BCUT2D eigenvalue weighted by molar-refractivity contribution is 6.33. The van der Waals surface area contributed by atoms with Gasteiger partial charge in [-0.05, 0) is 106 Å². The van der Waals surface area contributed by atoms with Crippen molar-refractivity contribution in [1.29, 1.82) is 0 Å². The van der Waals surface area contributed by atoms with E-state index in [1.165, 1.54) is 23.7 Å². The molecular weight excluding hydrogens is 771 g/mol. The molecule has 0 saturated carbocycles. The minimum absolute atomic E-state index is 0.0307. The van der Waals surface area contributed by atoms with Crippen molar-refractivity contribution in [2.45, 2.75) is 76.5 Å². The van der Waals surface area contributed by atoms with Crippen LogP contribution in [-0.2, 0) is 16.1 Å². The second-order valence-corrected chi connectivity index (χ2v) is 17.8. The lowest BCUT2D eigenvalue weighted by Crippen LogP contribution is -2.54. The van der Waals surface area contributed by atoms with Gasteiger partial charge in [0.2, 0.25) is 17.5 Å². The normalized spacial score (nSPS) is 24.2. The fraction of sp³-hybridized carbons (Fsp3) is 0.489. The molecule has 5 saturated heterocycles. The number of piperazine rings is 1. The monoisotopic (exact) mass is 820 g/mol. The summed E-state index contributed by atoms with van der Waals surface area (Å²) < 4.78 is 15.5. The Morgan fingerprint density at radius 3 is 2.17 bits per heavy atom. The zero-order valence-electron chi connectivity index (χ0n) is 33.5. The van der Waals surface area contributed by atoms with E-state index in [0.29, 0.717) is 47.0 Å². The van der Waals surface area contributed by atoms with E-state index < -0.39 is 35.5 Å². The highest BCUT2D eigenvalue weighted by Gasteiger charge is 2.46. The highest BCUT2D eigenvalue weighted by Crippen LogP contribution is 2.46. The van der Waals surface area contributed by atoms with Crippen molar-refractivity contribution >= 4 is 58.0 Å². The van der Waals surface area contributed by atoms with Crippen LogP contribution in [0.5, 0.6) is 0 Å². The lowest BCUT2D eigenvalue weighted by molar-refractivity contribution is -0.136. The maximum Gasteiger partial charge on any atom is 0.262 e. The average Bonchev–Trinajstić information content (AvgIpc) is 3.68. The van der Waals surface area contributed by atoms with Gasteiger partial charge in [-0.3, -0.25) is 39.2 Å². The van der Waals surface area contributed by atoms with Gasteiger partial charge in [-0.1, -0.05) is 29.8 Å². The van der Waals surface area contributed by atoms with Gasteiger partial charge in [0.15, 0.2) is 0 Å². The number of carbonyl (C=O) groups excluding carboxylic acids is 4. The molecule has 6 heterocycles. The summed E-state index contributed by atoms with van der Waals surface area (Å²) in [7, 11) is 0. The SMILES string of the molecule is [C-]#[N+]c1ccc(N2CC3(CCN(c4ccc(CN5CCC(N6CCN(c7cc8c(cc7F)C(=O)N(C7CCC(=O)NC7=O)C8=O)CC6)CC5)cc4)CC3)C[C@@H]2C)cc1Cl. The molecule has 12 nitrogen and oxygen atoms in total. The molecular formula is C45H50ClFN8O4. The number of imide groups is 2. The third kappa shape index (κ3) is 7.55. The molecule has 0 aliphatic carbocycles. The predicted molar refractivity (Wildman–Crippen MR) is 225 cm³/mol. The number of halogens is 2. The molecule has 6 aliphatic heterocycles. The van der Waals surface area contributed by atoms with Crippen LogP contribution in [0.4, 0.5) is 27.1 Å². The number of nitrogens with zero attached hydrogens (tertiary/aromatic N) is 7. The van der Waals surface area contributed by atoms with Gasteiger partial charge in [-0.25, -0.2) is 9.24 Å². The minimum atomic E-state index is -1.08. The standard InChI is InChI=1S/C45H50ClFN8O4/c1-29-26-45(28-54(29)33-7-8-38(48-2)36(46)23-33)13-17-51(18-14-45)31-5-3-30(4-6-31)27-50-15-11-32(12-16-50)52-19-21-53(22-20-52)40-25-35-34(24-37(40)47)43(58)55(44(35)59)39-9-10-41(56)49-42(39)57/h3-8,23-25,29,32,39H,9-22,26-28H2,1H3,(H,49,56,57)/t29-,39?/m0/s1. The molecule has 1 unspecified atom stereocenters. The predicted octanol–water partition coefficient (Wildman–Crippen LogP) is 6.10. The average molecular weight is 821 g/mol. The number of benzene rings is 3. The Kier molecular flexibility index (Phi) is 10.6. The number of hydrogen-bond acceptors (Lipinski definition) is 9. The van der Waals surface area contributed by atoms with Gasteiger partial charge >= 0.3 is 0 Å². The van der Waals surface area contributed by atoms with Crippen LogP contribution in [0.3, 0.4) is 0 Å². The van der Waals surface area contributed by atoms with E-state index in [1.807, 2.05) is 23.1 Å². The molecule has 5 fully saturated rings. The smallest absolute Gasteiger partial charge is 0.262 e. The molecule has 3 aromatic rings. The maximum absolute atomic E-state index is 15.5. The van der Waals surface area contributed by atoms with Gasteiger partial charge in [-0.2, -0.15) is 0 Å². The molecule has 0 radical (unpaired) electrons. The lowest BCUT2D eigenvalue weighted by Gasteiger charge is -2.43. The second-order valence-electron chi connectivity index (χ2n) is 17.4. The van der Waals surface area contributed by atoms with Gasteiger partial charge in [0.05, 0.1) is 23.4 Å². The van der Waals surface area contributed by atoms with Crippen LogP contribution >= 0.6 is 11.6 Å². The molecule has 0 bridgehead atoms. The summed E-state index contributed by atoms with van der Waals surface area (Å²) in [4.78, 5) is 67.0. The van der Waals surface area contributed by atoms with E-state index in [2.05, 4.69) is 61.0 Å². The van der Waals surface area contributed by atoms with Crippen LogP contribution in [0.2, 0.25) is 5.02 Å². The topological polar surface area (TPSA) is 104 Å². The van der Waals surface area contributed by atoms with E-state index in [-0.39, 0.29) is 24.0 Å². The Morgan fingerprint density at radius 1 is 0.831 bits per heavy atom. The first-order chi connectivity index (χ1) is 28.5. The molecule has 59 heavy (non-hydrogen) atoms. The van der Waals surface area contributed by atoms with Crippen molar-refractivity contribution < 1.29 is 23.6 Å². The summed E-state index contributed by atoms with van der Waals surface area (Å²) in [6.07, 6.45) is 5.73. The number of piperidine rings is 3. The van der Waals surface area contributed by atoms with Gasteiger partial charge in [0, 0.05) is 87.3 Å². The van der Waals surface area contributed by atoms with E-state index in [4.69, 9.17) is 18.2 Å². The summed E-state index contributed by atoms with van der Waals surface area (Å²) in [5.74, 6) is -3.01. The van der Waals surface area contributed by atoms with Gasteiger partial charge in [0.1, 0.15) is 11.9 Å². The summed E-state index contributed by atoms with van der Waals surface area (Å²) in [6, 6.07) is 17.4. The van der Waals surface area contributed by atoms with Gasteiger partial charge in [-0.15, -0.1) is 0 Å². The molecule has 308 valence electrons. The first-order valence-electron chi connectivity index (χ1n) is 21.0. The quantitative estimate of drug-likeness (QED) is 0.224. The lowest BCUT2D eigenvalue weighted by atomic mass is 9.76. The summed E-state index contributed by atoms with van der Waals surface area (Å²) in [5.41, 5.74) is 4.89. The fourth-order valence-electron chi connectivity index (χ4n) is 10.6. The Bertz CT molecular complexity index is 2210. The number of fused-ring (bicyclic) bond motifs is 1. The Hall–Kier alpha value is -5.03. The van der Waals surface area contributed by atoms with Crippen LogP contribution in [0.15, 0.2) is 54.6 Å². The number of hydrogen-bond donors (Lipinski definition) is 1. The zero-order valence-corrected chi connectivity index (χ0v) is 34.2. The summed E-state index contributed by atoms with van der Waals surface area (Å²) in [6.45, 7) is 18.5. The van der Waals surface area contributed by atoms with E-state index in [1.54, 1.807) is 0 Å². The number of amides is 4. The molecule has 1 N–H and O–H groups in total. The molecule has 9 rings (SSSR count). The van der Waals surface area contributed by atoms with Crippen molar-refractivity contribution in [2.75, 3.05) is 73.6 Å². The van der Waals surface area contributed by atoms with Crippen molar-refractivity contribution in [1.82, 2.24) is 20.0 Å². The van der Waals surface area contributed by atoms with Gasteiger partial charge < -0.3 is 14.7 Å². The molecule has 4 amide bonds. The van der Waals surface area contributed by atoms with Crippen molar-refractivity contribution in [3.63, 3.8) is 0 Å². The molecule has 2 atom stereocenters. The first-order valence-corrected chi connectivity index (χ1v) is 21.4. The number of anilines is 3. The number of rotatable bonds is 7. The van der Waals surface area contributed by atoms with Crippen molar-refractivity contribution in [3.05, 3.63) is 93.5 Å². The Labute approximate surface area is 349 Å². The molecule has 6 aliphatic rings. The maximum atomic E-state index is 15.5. The Balaban J connectivity index is 0.730. The highest BCUT2D eigenvalue weighted by atomic mass is 35.5. The van der Waals surface area contributed by atoms with Crippen LogP contribution in [0, 0.1) is 17.8 Å². The van der Waals surface area contributed by atoms with E-state index in [9.17, 15) is 19.2 Å². The van der Waals surface area contributed by atoms with Crippen molar-refractivity contribution in [2.24, 2.45) is 5.41 Å². The zero-order chi connectivity index (χ0) is 41.0. The van der Waals surface area contributed by atoms with Crippen LogP contribution in [0.25, 0.3) is 4.85 Å². The van der Waals surface area contributed by atoms with Crippen LogP contribution < -0.4 is 20.0 Å². The molecule has 1 spiro atoms. The molecule has 3 aromatic carbocycles. The third-order valence-corrected chi connectivity index (χ3v) is 14.2. The van der Waals surface area contributed by atoms with Crippen molar-refractivity contribution in [3.8, 4) is 0 Å². The van der Waals surface area contributed by atoms with Crippen LogP contribution in [0.1, 0.15) is 78.1 Å². The fourth-order valence-corrected chi connectivity index (χ4v) is 10.8. The van der Waals surface area contributed by atoms with Gasteiger partial charge in [0.25, 0.3) is 11.8 Å². The summed E-state index contributed by atoms with van der Waals surface area (Å²) in [5, 5.41) is 2.72. The second kappa shape index (κ2) is 15.9. The first kappa shape index (κ1) is 39.4. The van der Waals surface area contributed by atoms with Crippen LogP contribution in [-0.4, -0.2) is 115 Å².